The molecule has 1 amide bonds. The lowest BCUT2D eigenvalue weighted by molar-refractivity contribution is -0.139. The third-order valence-electron chi connectivity index (χ3n) is 5.24. The molecule has 1 atom stereocenters. The van der Waals surface area contributed by atoms with Crippen molar-refractivity contribution in [2.45, 2.75) is 31.8 Å². The van der Waals surface area contributed by atoms with Gasteiger partial charge >= 0.3 is 0 Å². The first-order chi connectivity index (χ1) is 14.0. The Balaban J connectivity index is 1.34. The van der Waals surface area contributed by atoms with Gasteiger partial charge < -0.3 is 14.4 Å². The molecule has 3 aromatic rings. The Morgan fingerprint density at radius 2 is 1.86 bits per heavy atom. The van der Waals surface area contributed by atoms with Crippen LogP contribution in [0.5, 0.6) is 11.5 Å². The predicted octanol–water partition coefficient (Wildman–Crippen LogP) is 5.13. The monoisotopic (exact) mass is 430 g/mol. The van der Waals surface area contributed by atoms with Crippen molar-refractivity contribution in [1.82, 2.24) is 9.88 Å². The number of piperidine rings is 1. The van der Waals surface area contributed by atoms with E-state index in [0.29, 0.717) is 16.7 Å². The first-order valence-corrected chi connectivity index (χ1v) is 10.9. The maximum Gasteiger partial charge on any atom is 0.263 e. The van der Waals surface area contributed by atoms with E-state index in [4.69, 9.17) is 26.1 Å². The molecule has 152 valence electrons. The van der Waals surface area contributed by atoms with Crippen LogP contribution in [0.2, 0.25) is 5.02 Å². The number of carbonyl (C=O) groups excluding carboxylic acids is 1. The third-order valence-corrected chi connectivity index (χ3v) is 6.68. The summed E-state index contributed by atoms with van der Waals surface area (Å²) in [5, 5.41) is 1.84. The second-order valence-corrected chi connectivity index (χ2v) is 8.70. The Labute approximate surface area is 179 Å². The highest BCUT2D eigenvalue weighted by Crippen LogP contribution is 2.35. The number of likely N-dealkylation sites (tertiary alicyclic amines) is 1. The SMILES string of the molecule is COc1ccc(OC(C)C(=O)N2CCC(c3nc4cc(Cl)ccc4s3)CC2)cc1. The lowest BCUT2D eigenvalue weighted by atomic mass is 9.97. The quantitative estimate of drug-likeness (QED) is 0.563. The zero-order valence-corrected chi connectivity index (χ0v) is 18.0. The summed E-state index contributed by atoms with van der Waals surface area (Å²) in [6, 6.07) is 13.1. The maximum atomic E-state index is 12.8. The highest BCUT2D eigenvalue weighted by molar-refractivity contribution is 7.18. The van der Waals surface area contributed by atoms with Crippen LogP contribution >= 0.6 is 22.9 Å². The van der Waals surface area contributed by atoms with Gasteiger partial charge in [-0.25, -0.2) is 4.98 Å². The molecule has 1 aliphatic heterocycles. The van der Waals surface area contributed by atoms with Crippen LogP contribution in [0.3, 0.4) is 0 Å². The highest BCUT2D eigenvalue weighted by atomic mass is 35.5. The van der Waals surface area contributed by atoms with Crippen LogP contribution in [0, 0.1) is 0 Å². The summed E-state index contributed by atoms with van der Waals surface area (Å²) in [7, 11) is 1.62. The van der Waals surface area contributed by atoms with Gasteiger partial charge in [-0.1, -0.05) is 11.6 Å². The molecule has 4 rings (SSSR count). The molecule has 0 saturated carbocycles. The summed E-state index contributed by atoms with van der Waals surface area (Å²) < 4.78 is 12.1. The second kappa shape index (κ2) is 8.59. The number of halogens is 1. The summed E-state index contributed by atoms with van der Waals surface area (Å²) in [6.45, 7) is 3.24. The minimum Gasteiger partial charge on any atom is -0.497 e. The van der Waals surface area contributed by atoms with Gasteiger partial charge in [0, 0.05) is 24.0 Å². The molecule has 5 nitrogen and oxygen atoms in total. The number of carbonyl (C=O) groups is 1. The highest BCUT2D eigenvalue weighted by Gasteiger charge is 2.29. The molecule has 0 aliphatic carbocycles. The third kappa shape index (κ3) is 4.49. The molecule has 2 heterocycles. The van der Waals surface area contributed by atoms with E-state index in [1.165, 1.54) is 0 Å². The standard InChI is InChI=1S/C22H23ClN2O3S/c1-14(28-18-6-4-17(27-2)5-7-18)22(26)25-11-9-15(10-12-25)21-24-19-13-16(23)3-8-20(19)29-21/h3-8,13-15H,9-12H2,1-2H3. The molecule has 2 aromatic carbocycles. The smallest absolute Gasteiger partial charge is 0.263 e. The fourth-order valence-electron chi connectivity index (χ4n) is 3.61. The van der Waals surface area contributed by atoms with Crippen molar-refractivity contribution >= 4 is 39.1 Å². The summed E-state index contributed by atoms with van der Waals surface area (Å²) in [5.74, 6) is 1.83. The zero-order chi connectivity index (χ0) is 20.4. The molecule has 0 bridgehead atoms. The zero-order valence-electron chi connectivity index (χ0n) is 16.4. The number of aromatic nitrogens is 1. The number of ether oxygens (including phenoxy) is 2. The average Bonchev–Trinajstić information content (AvgIpc) is 3.17. The van der Waals surface area contributed by atoms with Crippen LogP contribution in [-0.4, -0.2) is 42.1 Å². The first-order valence-electron chi connectivity index (χ1n) is 9.69. The average molecular weight is 431 g/mol. The van der Waals surface area contributed by atoms with E-state index in [-0.39, 0.29) is 5.91 Å². The number of hydrogen-bond acceptors (Lipinski definition) is 5. The van der Waals surface area contributed by atoms with Crippen molar-refractivity contribution in [3.63, 3.8) is 0 Å². The van der Waals surface area contributed by atoms with E-state index in [0.717, 1.165) is 46.9 Å². The number of methoxy groups -OCH3 is 1. The molecule has 7 heteroatoms. The molecule has 1 aliphatic rings. The molecule has 1 saturated heterocycles. The van der Waals surface area contributed by atoms with Crippen LogP contribution in [-0.2, 0) is 4.79 Å². The van der Waals surface area contributed by atoms with Gasteiger partial charge in [-0.15, -0.1) is 11.3 Å². The lowest BCUT2D eigenvalue weighted by Gasteiger charge is -2.32. The molecule has 1 fully saturated rings. The Morgan fingerprint density at radius 3 is 2.55 bits per heavy atom. The number of amides is 1. The fourth-order valence-corrected chi connectivity index (χ4v) is 4.89. The van der Waals surface area contributed by atoms with Gasteiger partial charge in [0.2, 0.25) is 0 Å². The van der Waals surface area contributed by atoms with Crippen molar-refractivity contribution in [2.24, 2.45) is 0 Å². The lowest BCUT2D eigenvalue weighted by Crippen LogP contribution is -2.44. The van der Waals surface area contributed by atoms with Crippen LogP contribution in [0.25, 0.3) is 10.2 Å². The van der Waals surface area contributed by atoms with Gasteiger partial charge in [0.1, 0.15) is 11.5 Å². The topological polar surface area (TPSA) is 51.7 Å². The van der Waals surface area contributed by atoms with Gasteiger partial charge in [0.25, 0.3) is 5.91 Å². The normalized spacial score (nSPS) is 16.0. The number of fused-ring (bicyclic) bond motifs is 1. The van der Waals surface area contributed by atoms with Crippen molar-refractivity contribution in [2.75, 3.05) is 20.2 Å². The second-order valence-electron chi connectivity index (χ2n) is 7.20. The van der Waals surface area contributed by atoms with E-state index in [1.807, 2.05) is 47.4 Å². The molecule has 0 N–H and O–H groups in total. The largest absolute Gasteiger partial charge is 0.497 e. The van der Waals surface area contributed by atoms with Gasteiger partial charge in [-0.3, -0.25) is 4.79 Å². The number of rotatable bonds is 5. The molecular formula is C22H23ClN2O3S. The number of hydrogen-bond donors (Lipinski definition) is 0. The molecular weight excluding hydrogens is 408 g/mol. The van der Waals surface area contributed by atoms with Crippen molar-refractivity contribution in [3.05, 3.63) is 52.5 Å². The number of benzene rings is 2. The van der Waals surface area contributed by atoms with Crippen LogP contribution in [0.4, 0.5) is 0 Å². The minimum atomic E-state index is -0.524. The van der Waals surface area contributed by atoms with Crippen LogP contribution < -0.4 is 9.47 Å². The Morgan fingerprint density at radius 1 is 1.17 bits per heavy atom. The summed E-state index contributed by atoms with van der Waals surface area (Å²) >= 11 is 7.80. The summed E-state index contributed by atoms with van der Waals surface area (Å²) in [5.41, 5.74) is 0.956. The van der Waals surface area contributed by atoms with E-state index >= 15 is 0 Å². The number of nitrogens with zero attached hydrogens (tertiary/aromatic N) is 2. The molecule has 0 radical (unpaired) electrons. The minimum absolute atomic E-state index is 0.0235. The van der Waals surface area contributed by atoms with E-state index in [1.54, 1.807) is 25.4 Å². The fraction of sp³-hybridized carbons (Fsp3) is 0.364. The van der Waals surface area contributed by atoms with Gasteiger partial charge in [0.15, 0.2) is 6.10 Å². The molecule has 1 unspecified atom stereocenters. The van der Waals surface area contributed by atoms with Crippen molar-refractivity contribution in [1.29, 1.82) is 0 Å². The number of thiazole rings is 1. The molecule has 0 spiro atoms. The van der Waals surface area contributed by atoms with Crippen molar-refractivity contribution < 1.29 is 14.3 Å². The first kappa shape index (κ1) is 20.0. The van der Waals surface area contributed by atoms with Crippen LogP contribution in [0.1, 0.15) is 30.7 Å². The molecule has 1 aromatic heterocycles. The summed E-state index contributed by atoms with van der Waals surface area (Å²) in [6.07, 6.45) is 1.30. The predicted molar refractivity (Wildman–Crippen MR) is 116 cm³/mol. The Kier molecular flexibility index (Phi) is 5.92. The summed E-state index contributed by atoms with van der Waals surface area (Å²) in [4.78, 5) is 19.5. The van der Waals surface area contributed by atoms with Gasteiger partial charge in [-0.2, -0.15) is 0 Å². The van der Waals surface area contributed by atoms with Crippen LogP contribution in [0.15, 0.2) is 42.5 Å². The van der Waals surface area contributed by atoms with E-state index < -0.39 is 6.10 Å². The maximum absolute atomic E-state index is 12.8. The van der Waals surface area contributed by atoms with Crippen molar-refractivity contribution in [3.8, 4) is 11.5 Å². The van der Waals surface area contributed by atoms with Gasteiger partial charge in [-0.05, 0) is 62.2 Å². The molecule has 29 heavy (non-hydrogen) atoms. The Bertz CT molecular complexity index is 997. The van der Waals surface area contributed by atoms with Gasteiger partial charge in [0.05, 0.1) is 22.3 Å². The van der Waals surface area contributed by atoms with E-state index in [2.05, 4.69) is 0 Å². The Hall–Kier alpha value is -2.31. The van der Waals surface area contributed by atoms with E-state index in [9.17, 15) is 4.79 Å².